The van der Waals surface area contributed by atoms with Crippen LogP contribution in [0.4, 0.5) is 0 Å². The molecule has 0 saturated heterocycles. The Hall–Kier alpha value is -1.93. The first-order chi connectivity index (χ1) is 13.1. The van der Waals surface area contributed by atoms with E-state index in [2.05, 4.69) is 74.4 Å². The van der Waals surface area contributed by atoms with Crippen molar-refractivity contribution >= 4 is 5.78 Å². The third kappa shape index (κ3) is 4.16. The molecular weight excluding hydrogens is 330 g/mol. The van der Waals surface area contributed by atoms with Crippen LogP contribution in [0.2, 0.25) is 0 Å². The number of carbonyl (C=O) groups excluding carboxylic acids is 1. The number of hydrogen-bond donors (Lipinski definition) is 0. The smallest absolute Gasteiger partial charge is 0.150 e. The van der Waals surface area contributed by atoms with Crippen LogP contribution in [0.3, 0.4) is 0 Å². The van der Waals surface area contributed by atoms with E-state index in [0.29, 0.717) is 11.8 Å². The molecule has 2 nitrogen and oxygen atoms in total. The first-order valence-corrected chi connectivity index (χ1v) is 10.4. The third-order valence-corrected chi connectivity index (χ3v) is 6.41. The maximum Gasteiger partial charge on any atom is 0.150 e. The van der Waals surface area contributed by atoms with E-state index in [-0.39, 0.29) is 5.92 Å². The van der Waals surface area contributed by atoms with Crippen molar-refractivity contribution in [1.29, 1.82) is 0 Å². The maximum atomic E-state index is 14.2. The van der Waals surface area contributed by atoms with Gasteiger partial charge in [0.1, 0.15) is 0 Å². The first kappa shape index (κ1) is 19.8. The molecule has 0 aromatic heterocycles. The lowest BCUT2D eigenvalue weighted by Gasteiger charge is -2.40. The fourth-order valence-electron chi connectivity index (χ4n) is 4.57. The van der Waals surface area contributed by atoms with Gasteiger partial charge < -0.3 is 4.90 Å². The van der Waals surface area contributed by atoms with Crippen LogP contribution >= 0.6 is 0 Å². The molecule has 0 amide bonds. The minimum absolute atomic E-state index is 0.175. The fraction of sp³-hybridized carbons (Fsp3) is 0.480. The van der Waals surface area contributed by atoms with E-state index < -0.39 is 5.41 Å². The van der Waals surface area contributed by atoms with Crippen molar-refractivity contribution in [3.05, 3.63) is 71.8 Å². The standard InChI is InChI=1S/C25H33NO/c1-20(26(2)3)19-25(22-15-9-5-10-16-22,23-17-11-6-12-18-23)24(27)21-13-7-4-8-14-21/h5-6,9-12,15-18,20-21H,4,7-8,13-14,19H2,1-3H3/t20-/m0/s1. The third-order valence-electron chi connectivity index (χ3n) is 6.41. The first-order valence-electron chi connectivity index (χ1n) is 10.4. The second kappa shape index (κ2) is 8.84. The second-order valence-corrected chi connectivity index (χ2v) is 8.35. The quantitative estimate of drug-likeness (QED) is 0.651. The summed E-state index contributed by atoms with van der Waals surface area (Å²) in [5, 5.41) is 0. The topological polar surface area (TPSA) is 20.3 Å². The van der Waals surface area contributed by atoms with Crippen molar-refractivity contribution in [3.8, 4) is 0 Å². The van der Waals surface area contributed by atoms with Gasteiger partial charge in [-0.15, -0.1) is 0 Å². The van der Waals surface area contributed by atoms with Crippen LogP contribution in [0, 0.1) is 5.92 Å². The van der Waals surface area contributed by atoms with E-state index in [1.165, 1.54) is 19.3 Å². The van der Waals surface area contributed by atoms with Gasteiger partial charge in [-0.3, -0.25) is 4.79 Å². The number of hydrogen-bond acceptors (Lipinski definition) is 2. The maximum absolute atomic E-state index is 14.2. The second-order valence-electron chi connectivity index (χ2n) is 8.35. The number of ketones is 1. The number of carbonyl (C=O) groups is 1. The van der Waals surface area contributed by atoms with E-state index in [4.69, 9.17) is 0 Å². The average molecular weight is 364 g/mol. The summed E-state index contributed by atoms with van der Waals surface area (Å²) >= 11 is 0. The van der Waals surface area contributed by atoms with Crippen LogP contribution in [0.1, 0.15) is 56.6 Å². The number of Topliss-reactive ketones (excluding diaryl/α,β-unsaturated/α-hetero) is 1. The Morgan fingerprint density at radius 2 is 1.41 bits per heavy atom. The van der Waals surface area contributed by atoms with Gasteiger partial charge in [-0.05, 0) is 51.4 Å². The Balaban J connectivity index is 2.16. The summed E-state index contributed by atoms with van der Waals surface area (Å²) in [6, 6.07) is 21.3. The molecule has 3 rings (SSSR count). The Bertz CT molecular complexity index is 677. The lowest BCUT2D eigenvalue weighted by atomic mass is 9.63. The summed E-state index contributed by atoms with van der Waals surface area (Å²) < 4.78 is 0. The Morgan fingerprint density at radius 1 is 0.926 bits per heavy atom. The van der Waals surface area contributed by atoms with Crippen molar-refractivity contribution < 1.29 is 4.79 Å². The molecule has 0 bridgehead atoms. The largest absolute Gasteiger partial charge is 0.307 e. The fourth-order valence-corrected chi connectivity index (χ4v) is 4.57. The summed E-state index contributed by atoms with van der Waals surface area (Å²) in [5.41, 5.74) is 1.70. The number of benzene rings is 2. The molecule has 2 aromatic carbocycles. The lowest BCUT2D eigenvalue weighted by Crippen LogP contribution is -2.46. The molecule has 0 spiro atoms. The summed E-state index contributed by atoms with van der Waals surface area (Å²) in [7, 11) is 4.22. The molecule has 1 fully saturated rings. The molecule has 1 saturated carbocycles. The zero-order valence-electron chi connectivity index (χ0n) is 17.0. The SMILES string of the molecule is C[C@@H](CC(C(=O)C1CCCCC1)(c1ccccc1)c1ccccc1)N(C)C. The molecule has 2 heteroatoms. The van der Waals surface area contributed by atoms with E-state index in [9.17, 15) is 4.79 Å². The Kier molecular flexibility index (Phi) is 6.49. The minimum atomic E-state index is -0.575. The van der Waals surface area contributed by atoms with E-state index in [0.717, 1.165) is 30.4 Å². The van der Waals surface area contributed by atoms with Gasteiger partial charge in [0, 0.05) is 12.0 Å². The number of nitrogens with zero attached hydrogens (tertiary/aromatic N) is 1. The van der Waals surface area contributed by atoms with Gasteiger partial charge in [-0.1, -0.05) is 79.9 Å². The zero-order valence-corrected chi connectivity index (χ0v) is 17.0. The van der Waals surface area contributed by atoms with Gasteiger partial charge in [0.15, 0.2) is 5.78 Å². The zero-order chi connectivity index (χ0) is 19.3. The summed E-state index contributed by atoms with van der Waals surface area (Å²) in [6.45, 7) is 2.23. The summed E-state index contributed by atoms with van der Waals surface area (Å²) in [5.74, 6) is 0.599. The molecule has 0 radical (unpaired) electrons. The highest BCUT2D eigenvalue weighted by atomic mass is 16.1. The lowest BCUT2D eigenvalue weighted by molar-refractivity contribution is -0.128. The molecule has 1 aliphatic carbocycles. The molecule has 144 valence electrons. The van der Waals surface area contributed by atoms with Gasteiger partial charge in [0.2, 0.25) is 0 Å². The molecule has 0 N–H and O–H groups in total. The summed E-state index contributed by atoms with van der Waals surface area (Å²) in [6.07, 6.45) is 6.51. The van der Waals surface area contributed by atoms with Gasteiger partial charge in [-0.25, -0.2) is 0 Å². The monoisotopic (exact) mass is 363 g/mol. The van der Waals surface area contributed by atoms with Gasteiger partial charge in [0.25, 0.3) is 0 Å². The van der Waals surface area contributed by atoms with Crippen LogP contribution in [0.5, 0.6) is 0 Å². The molecular formula is C25H33NO. The Morgan fingerprint density at radius 3 is 1.85 bits per heavy atom. The average Bonchev–Trinajstić information content (AvgIpc) is 2.73. The highest BCUT2D eigenvalue weighted by molar-refractivity contribution is 5.95. The van der Waals surface area contributed by atoms with E-state index >= 15 is 0 Å². The van der Waals surface area contributed by atoms with Crippen LogP contribution in [-0.2, 0) is 10.2 Å². The van der Waals surface area contributed by atoms with Crippen molar-refractivity contribution in [2.75, 3.05) is 14.1 Å². The number of rotatable bonds is 7. The molecule has 0 aliphatic heterocycles. The van der Waals surface area contributed by atoms with Crippen LogP contribution in [-0.4, -0.2) is 30.8 Å². The predicted octanol–water partition coefficient (Wildman–Crippen LogP) is 5.46. The van der Waals surface area contributed by atoms with Gasteiger partial charge in [-0.2, -0.15) is 0 Å². The van der Waals surface area contributed by atoms with Gasteiger partial charge >= 0.3 is 0 Å². The molecule has 2 aromatic rings. The van der Waals surface area contributed by atoms with Crippen molar-refractivity contribution in [2.24, 2.45) is 5.92 Å². The molecule has 1 atom stereocenters. The van der Waals surface area contributed by atoms with Crippen molar-refractivity contribution in [2.45, 2.75) is 56.9 Å². The minimum Gasteiger partial charge on any atom is -0.307 e. The predicted molar refractivity (Wildman–Crippen MR) is 113 cm³/mol. The Labute approximate surface area is 164 Å². The molecule has 27 heavy (non-hydrogen) atoms. The molecule has 0 unspecified atom stereocenters. The van der Waals surface area contributed by atoms with Crippen LogP contribution < -0.4 is 0 Å². The van der Waals surface area contributed by atoms with E-state index in [1.54, 1.807) is 0 Å². The highest BCUT2D eigenvalue weighted by Crippen LogP contribution is 2.43. The van der Waals surface area contributed by atoms with Crippen LogP contribution in [0.15, 0.2) is 60.7 Å². The van der Waals surface area contributed by atoms with Gasteiger partial charge in [0.05, 0.1) is 5.41 Å². The van der Waals surface area contributed by atoms with Crippen molar-refractivity contribution in [3.63, 3.8) is 0 Å². The van der Waals surface area contributed by atoms with Crippen molar-refractivity contribution in [1.82, 2.24) is 4.90 Å². The normalized spacial score (nSPS) is 17.0. The molecule has 0 heterocycles. The van der Waals surface area contributed by atoms with E-state index in [1.807, 2.05) is 12.1 Å². The molecule has 1 aliphatic rings. The summed E-state index contributed by atoms with van der Waals surface area (Å²) in [4.78, 5) is 16.4. The van der Waals surface area contributed by atoms with Crippen LogP contribution in [0.25, 0.3) is 0 Å². The highest BCUT2D eigenvalue weighted by Gasteiger charge is 2.45.